The maximum atomic E-state index is 5.70. The van der Waals surface area contributed by atoms with Crippen molar-refractivity contribution in [2.24, 2.45) is 4.99 Å². The maximum Gasteiger partial charge on any atom is 0.191 e. The van der Waals surface area contributed by atoms with E-state index < -0.39 is 0 Å². The lowest BCUT2D eigenvalue weighted by Crippen LogP contribution is -2.38. The Morgan fingerprint density at radius 2 is 2.17 bits per heavy atom. The minimum Gasteiger partial charge on any atom is -0.379 e. The molecule has 1 aromatic heterocycles. The topological polar surface area (TPSA) is 67.8 Å². The second kappa shape index (κ2) is 13.9. The molecule has 8 heteroatoms. The van der Waals surface area contributed by atoms with Crippen LogP contribution >= 0.6 is 35.3 Å². The summed E-state index contributed by atoms with van der Waals surface area (Å²) in [7, 11) is 0. The minimum atomic E-state index is 0. The molecular weight excluding hydrogens is 499 g/mol. The first kappa shape index (κ1) is 24.0. The fourth-order valence-corrected chi connectivity index (χ4v) is 3.78. The number of nitrogens with one attached hydrogen (secondary N) is 2. The third-order valence-electron chi connectivity index (χ3n) is 4.40. The van der Waals surface area contributed by atoms with Crippen molar-refractivity contribution in [3.63, 3.8) is 0 Å². The Balaban J connectivity index is 0.00000300. The molecule has 1 aliphatic rings. The van der Waals surface area contributed by atoms with Gasteiger partial charge in [0.25, 0.3) is 0 Å². The zero-order valence-corrected chi connectivity index (χ0v) is 20.1. The predicted molar refractivity (Wildman–Crippen MR) is 130 cm³/mol. The highest BCUT2D eigenvalue weighted by molar-refractivity contribution is 14.0. The maximum absolute atomic E-state index is 5.70. The largest absolute Gasteiger partial charge is 0.379 e. The molecule has 1 saturated heterocycles. The average molecular weight is 530 g/mol. The second-order valence-corrected chi connectivity index (χ2v) is 7.55. The molecule has 3 rings (SSSR count). The Kier molecular flexibility index (Phi) is 11.5. The van der Waals surface area contributed by atoms with Gasteiger partial charge in [-0.1, -0.05) is 30.3 Å². The normalized spacial score (nSPS) is 16.4. The number of guanidine groups is 1. The van der Waals surface area contributed by atoms with Crippen molar-refractivity contribution in [3.05, 3.63) is 41.4 Å². The number of aliphatic imine (C=N–C) groups is 1. The average Bonchev–Trinajstić information content (AvgIpc) is 3.41. The van der Waals surface area contributed by atoms with Gasteiger partial charge in [-0.3, -0.25) is 0 Å². The molecule has 1 unspecified atom stereocenters. The van der Waals surface area contributed by atoms with Crippen LogP contribution in [0.25, 0.3) is 10.6 Å². The Morgan fingerprint density at radius 1 is 1.31 bits per heavy atom. The summed E-state index contributed by atoms with van der Waals surface area (Å²) in [5.74, 6) is 0.816. The van der Waals surface area contributed by atoms with Gasteiger partial charge in [-0.05, 0) is 26.2 Å². The lowest BCUT2D eigenvalue weighted by atomic mass is 10.2. The highest BCUT2D eigenvalue weighted by Crippen LogP contribution is 2.23. The fraction of sp³-hybridized carbons (Fsp3) is 0.524. The van der Waals surface area contributed by atoms with Gasteiger partial charge in [0, 0.05) is 37.2 Å². The number of rotatable bonds is 10. The van der Waals surface area contributed by atoms with E-state index in [-0.39, 0.29) is 24.0 Å². The van der Waals surface area contributed by atoms with Crippen LogP contribution in [0.4, 0.5) is 0 Å². The van der Waals surface area contributed by atoms with E-state index in [0.29, 0.717) is 19.3 Å². The van der Waals surface area contributed by atoms with E-state index in [1.54, 1.807) is 11.3 Å². The van der Waals surface area contributed by atoms with E-state index in [9.17, 15) is 0 Å². The number of hydrogen-bond donors (Lipinski definition) is 2. The van der Waals surface area contributed by atoms with Crippen LogP contribution in [0.15, 0.2) is 40.7 Å². The van der Waals surface area contributed by atoms with Crippen molar-refractivity contribution in [3.8, 4) is 10.6 Å². The standard InChI is InChI=1S/C21H30N4O2S.HI/c1-2-22-21(23-11-7-12-26-15-19-10-6-13-27-19)24-14-18-16-28-20(25-18)17-8-4-3-5-9-17;/h3-5,8-9,16,19H,2,6-7,10-15H2,1H3,(H2,22,23,24);1H. The van der Waals surface area contributed by atoms with Gasteiger partial charge < -0.3 is 20.1 Å². The van der Waals surface area contributed by atoms with E-state index in [4.69, 9.17) is 14.5 Å². The minimum absolute atomic E-state index is 0. The molecular formula is C21H31IN4O2S. The first-order chi connectivity index (χ1) is 13.8. The van der Waals surface area contributed by atoms with E-state index in [2.05, 4.69) is 40.1 Å². The molecule has 160 valence electrons. The van der Waals surface area contributed by atoms with Gasteiger partial charge >= 0.3 is 0 Å². The lowest BCUT2D eigenvalue weighted by molar-refractivity contribution is 0.0168. The lowest BCUT2D eigenvalue weighted by Gasteiger charge is -2.12. The van der Waals surface area contributed by atoms with Crippen LogP contribution in [0, 0.1) is 0 Å². The van der Waals surface area contributed by atoms with Crippen molar-refractivity contribution in [2.45, 2.75) is 38.8 Å². The summed E-state index contributed by atoms with van der Waals surface area (Å²) in [6.45, 7) is 6.61. The number of halogens is 1. The molecule has 1 fully saturated rings. The molecule has 29 heavy (non-hydrogen) atoms. The molecule has 2 heterocycles. The molecule has 2 N–H and O–H groups in total. The Labute approximate surface area is 194 Å². The number of nitrogens with zero attached hydrogens (tertiary/aromatic N) is 2. The number of thiazole rings is 1. The molecule has 0 radical (unpaired) electrons. The van der Waals surface area contributed by atoms with Gasteiger partial charge in [-0.15, -0.1) is 35.3 Å². The molecule has 1 atom stereocenters. The van der Waals surface area contributed by atoms with Crippen molar-refractivity contribution >= 4 is 41.3 Å². The van der Waals surface area contributed by atoms with Gasteiger partial charge in [0.15, 0.2) is 5.96 Å². The number of hydrogen-bond acceptors (Lipinski definition) is 5. The number of ether oxygens (including phenoxy) is 2. The van der Waals surface area contributed by atoms with Crippen LogP contribution in [0.2, 0.25) is 0 Å². The predicted octanol–water partition coefficient (Wildman–Crippen LogP) is 4.07. The molecule has 0 saturated carbocycles. The molecule has 1 aromatic carbocycles. The zero-order chi connectivity index (χ0) is 19.4. The fourth-order valence-electron chi connectivity index (χ4n) is 2.97. The van der Waals surface area contributed by atoms with E-state index in [1.165, 1.54) is 0 Å². The van der Waals surface area contributed by atoms with Gasteiger partial charge in [0.05, 0.1) is 24.9 Å². The molecule has 0 amide bonds. The molecule has 0 spiro atoms. The van der Waals surface area contributed by atoms with Crippen molar-refractivity contribution in [1.29, 1.82) is 0 Å². The number of benzene rings is 1. The van der Waals surface area contributed by atoms with Gasteiger partial charge in [0.2, 0.25) is 0 Å². The summed E-state index contributed by atoms with van der Waals surface area (Å²) in [5.41, 5.74) is 2.14. The molecule has 1 aliphatic heterocycles. The van der Waals surface area contributed by atoms with Crippen LogP contribution < -0.4 is 10.6 Å². The van der Waals surface area contributed by atoms with Crippen LogP contribution in [-0.2, 0) is 16.0 Å². The van der Waals surface area contributed by atoms with E-state index in [1.807, 2.05) is 18.2 Å². The summed E-state index contributed by atoms with van der Waals surface area (Å²) in [4.78, 5) is 9.34. The third kappa shape index (κ3) is 8.57. The summed E-state index contributed by atoms with van der Waals surface area (Å²) in [6, 6.07) is 10.2. The first-order valence-corrected chi connectivity index (χ1v) is 10.9. The van der Waals surface area contributed by atoms with Crippen LogP contribution in [0.1, 0.15) is 31.9 Å². The first-order valence-electron chi connectivity index (χ1n) is 10.1. The van der Waals surface area contributed by atoms with Crippen molar-refractivity contribution < 1.29 is 9.47 Å². The molecule has 0 aliphatic carbocycles. The third-order valence-corrected chi connectivity index (χ3v) is 5.34. The van der Waals surface area contributed by atoms with Gasteiger partial charge in [-0.25, -0.2) is 9.98 Å². The number of aromatic nitrogens is 1. The van der Waals surface area contributed by atoms with Crippen LogP contribution in [0.5, 0.6) is 0 Å². The highest BCUT2D eigenvalue weighted by Gasteiger charge is 2.14. The SMILES string of the molecule is CCNC(=NCc1csc(-c2ccccc2)n1)NCCCOCC1CCCO1.I. The summed E-state index contributed by atoms with van der Waals surface area (Å²) >= 11 is 1.66. The van der Waals surface area contributed by atoms with Gasteiger partial charge in [0.1, 0.15) is 5.01 Å². The van der Waals surface area contributed by atoms with E-state index in [0.717, 1.165) is 67.8 Å². The highest BCUT2D eigenvalue weighted by atomic mass is 127. The van der Waals surface area contributed by atoms with Gasteiger partial charge in [-0.2, -0.15) is 0 Å². The van der Waals surface area contributed by atoms with Crippen molar-refractivity contribution in [2.75, 3.05) is 32.9 Å². The summed E-state index contributed by atoms with van der Waals surface area (Å²) in [5, 5.41) is 9.75. The van der Waals surface area contributed by atoms with Crippen LogP contribution in [0.3, 0.4) is 0 Å². The Morgan fingerprint density at radius 3 is 2.93 bits per heavy atom. The summed E-state index contributed by atoms with van der Waals surface area (Å²) in [6.07, 6.45) is 3.51. The smallest absolute Gasteiger partial charge is 0.191 e. The Bertz CT molecular complexity index is 720. The second-order valence-electron chi connectivity index (χ2n) is 6.70. The van der Waals surface area contributed by atoms with E-state index >= 15 is 0 Å². The Hall–Kier alpha value is -1.23. The summed E-state index contributed by atoms with van der Waals surface area (Å²) < 4.78 is 11.3. The van der Waals surface area contributed by atoms with Crippen LogP contribution in [-0.4, -0.2) is 50.0 Å². The van der Waals surface area contributed by atoms with Crippen molar-refractivity contribution in [1.82, 2.24) is 15.6 Å². The monoisotopic (exact) mass is 530 g/mol. The molecule has 0 bridgehead atoms. The molecule has 6 nitrogen and oxygen atoms in total. The quantitative estimate of drug-likeness (QED) is 0.210. The molecule has 2 aromatic rings. The zero-order valence-electron chi connectivity index (χ0n) is 16.9.